The molecule has 1 aromatic heterocycles. The quantitative estimate of drug-likeness (QED) is 0.711. The Kier molecular flexibility index (Phi) is 6.77. The van der Waals surface area contributed by atoms with Gasteiger partial charge in [0.15, 0.2) is 5.82 Å². The van der Waals surface area contributed by atoms with Crippen molar-refractivity contribution in [1.82, 2.24) is 15.5 Å². The largest absolute Gasteiger partial charge is 0.355 e. The average Bonchev–Trinajstić information content (AvgIpc) is 2.80. The van der Waals surface area contributed by atoms with E-state index in [4.69, 9.17) is 0 Å². The fourth-order valence-electron chi connectivity index (χ4n) is 4.39. The smallest absolute Gasteiger partial charge is 0.224 e. The van der Waals surface area contributed by atoms with Gasteiger partial charge in [0.1, 0.15) is 0 Å². The maximum Gasteiger partial charge on any atom is 0.224 e. The molecule has 0 radical (unpaired) electrons. The SMILES string of the molecule is Cc1ccc(-c2ccc(N3CCCC(C(=O)NCCC4=CCCCC4)C3)nn2)cc1. The highest BCUT2D eigenvalue weighted by atomic mass is 16.1. The third kappa shape index (κ3) is 5.26. The van der Waals surface area contributed by atoms with Gasteiger partial charge in [0.25, 0.3) is 0 Å². The van der Waals surface area contributed by atoms with Crippen molar-refractivity contribution in [3.05, 3.63) is 53.6 Å². The summed E-state index contributed by atoms with van der Waals surface area (Å²) in [6.45, 7) is 4.48. The highest BCUT2D eigenvalue weighted by molar-refractivity contribution is 5.79. The molecule has 0 saturated carbocycles. The number of allylic oxidation sites excluding steroid dienone is 1. The van der Waals surface area contributed by atoms with Gasteiger partial charge in [-0.25, -0.2) is 0 Å². The minimum atomic E-state index is 0.0256. The fourth-order valence-corrected chi connectivity index (χ4v) is 4.39. The van der Waals surface area contributed by atoms with Crippen LogP contribution in [0.5, 0.6) is 0 Å². The Labute approximate surface area is 179 Å². The number of amides is 1. The van der Waals surface area contributed by atoms with E-state index in [9.17, 15) is 4.79 Å². The lowest BCUT2D eigenvalue weighted by molar-refractivity contribution is -0.125. The van der Waals surface area contributed by atoms with E-state index in [0.29, 0.717) is 6.54 Å². The Morgan fingerprint density at radius 1 is 1.10 bits per heavy atom. The molecule has 1 atom stereocenters. The maximum atomic E-state index is 12.7. The molecular weight excluding hydrogens is 372 g/mol. The van der Waals surface area contributed by atoms with Gasteiger partial charge in [-0.15, -0.1) is 10.2 Å². The summed E-state index contributed by atoms with van der Waals surface area (Å²) in [6.07, 6.45) is 10.3. The lowest BCUT2D eigenvalue weighted by atomic mass is 9.96. The third-order valence-electron chi connectivity index (χ3n) is 6.24. The van der Waals surface area contributed by atoms with Crippen LogP contribution in [0.2, 0.25) is 0 Å². The first kappa shape index (κ1) is 20.6. The molecule has 30 heavy (non-hydrogen) atoms. The van der Waals surface area contributed by atoms with Gasteiger partial charge in [-0.1, -0.05) is 41.5 Å². The molecule has 0 spiro atoms. The minimum absolute atomic E-state index is 0.0256. The van der Waals surface area contributed by atoms with E-state index in [0.717, 1.165) is 49.4 Å². The summed E-state index contributed by atoms with van der Waals surface area (Å²) in [5.41, 5.74) is 4.69. The Hall–Kier alpha value is -2.69. The van der Waals surface area contributed by atoms with Gasteiger partial charge >= 0.3 is 0 Å². The number of nitrogens with one attached hydrogen (secondary N) is 1. The minimum Gasteiger partial charge on any atom is -0.355 e. The van der Waals surface area contributed by atoms with Crippen LogP contribution in [0.25, 0.3) is 11.3 Å². The van der Waals surface area contributed by atoms with Crippen LogP contribution in [0, 0.1) is 12.8 Å². The lowest BCUT2D eigenvalue weighted by Gasteiger charge is -2.32. The first-order valence-corrected chi connectivity index (χ1v) is 11.3. The predicted octanol–water partition coefficient (Wildman–Crippen LogP) is 4.68. The van der Waals surface area contributed by atoms with Gasteiger partial charge in [-0.05, 0) is 64.0 Å². The van der Waals surface area contributed by atoms with Crippen molar-refractivity contribution < 1.29 is 4.79 Å². The standard InChI is InChI=1S/C25H32N4O/c1-19-9-11-21(12-10-19)23-13-14-24(28-27-23)29-17-5-8-22(18-29)25(30)26-16-15-20-6-3-2-4-7-20/h6,9-14,22H,2-5,7-8,15-18H2,1H3,(H,26,30). The van der Waals surface area contributed by atoms with Crippen LogP contribution < -0.4 is 10.2 Å². The zero-order chi connectivity index (χ0) is 20.8. The summed E-state index contributed by atoms with van der Waals surface area (Å²) in [4.78, 5) is 14.9. The topological polar surface area (TPSA) is 58.1 Å². The van der Waals surface area contributed by atoms with Gasteiger partial charge in [0.05, 0.1) is 11.6 Å². The number of rotatable bonds is 6. The zero-order valence-corrected chi connectivity index (χ0v) is 17.9. The molecule has 1 aliphatic carbocycles. The summed E-state index contributed by atoms with van der Waals surface area (Å²) in [5, 5.41) is 12.0. The second-order valence-electron chi connectivity index (χ2n) is 8.58. The van der Waals surface area contributed by atoms with Crippen LogP contribution in [0.1, 0.15) is 50.5 Å². The van der Waals surface area contributed by atoms with Crippen molar-refractivity contribution in [3.63, 3.8) is 0 Å². The number of hydrogen-bond donors (Lipinski definition) is 1. The molecule has 2 aromatic rings. The second-order valence-corrected chi connectivity index (χ2v) is 8.58. The number of benzene rings is 1. The van der Waals surface area contributed by atoms with E-state index in [-0.39, 0.29) is 11.8 Å². The molecule has 4 rings (SSSR count). The Bertz CT molecular complexity index is 873. The van der Waals surface area contributed by atoms with Crippen LogP contribution in [-0.4, -0.2) is 35.7 Å². The summed E-state index contributed by atoms with van der Waals surface area (Å²) < 4.78 is 0. The summed E-state index contributed by atoms with van der Waals surface area (Å²) in [5.74, 6) is 1.06. The van der Waals surface area contributed by atoms with E-state index in [1.807, 2.05) is 12.1 Å². The lowest BCUT2D eigenvalue weighted by Crippen LogP contribution is -2.43. The summed E-state index contributed by atoms with van der Waals surface area (Å²) >= 11 is 0. The molecule has 1 aliphatic heterocycles. The van der Waals surface area contributed by atoms with Crippen molar-refractivity contribution in [3.8, 4) is 11.3 Å². The highest BCUT2D eigenvalue weighted by Crippen LogP contribution is 2.24. The van der Waals surface area contributed by atoms with Crippen molar-refractivity contribution in [1.29, 1.82) is 0 Å². The van der Waals surface area contributed by atoms with Gasteiger partial charge in [-0.2, -0.15) is 0 Å². The molecule has 158 valence electrons. The Morgan fingerprint density at radius 3 is 2.70 bits per heavy atom. The third-order valence-corrected chi connectivity index (χ3v) is 6.24. The first-order valence-electron chi connectivity index (χ1n) is 11.3. The molecule has 1 unspecified atom stereocenters. The van der Waals surface area contributed by atoms with Gasteiger partial charge in [0, 0.05) is 25.2 Å². The zero-order valence-electron chi connectivity index (χ0n) is 17.9. The average molecular weight is 405 g/mol. The van der Waals surface area contributed by atoms with Crippen LogP contribution >= 0.6 is 0 Å². The fraction of sp³-hybridized carbons (Fsp3) is 0.480. The normalized spacial score (nSPS) is 19.3. The first-order chi connectivity index (χ1) is 14.7. The van der Waals surface area contributed by atoms with Gasteiger partial charge in [0.2, 0.25) is 5.91 Å². The van der Waals surface area contributed by atoms with Crippen LogP contribution in [-0.2, 0) is 4.79 Å². The number of hydrogen-bond acceptors (Lipinski definition) is 4. The maximum absolute atomic E-state index is 12.7. The molecule has 5 heteroatoms. The number of piperidine rings is 1. The molecule has 2 heterocycles. The molecule has 0 bridgehead atoms. The van der Waals surface area contributed by atoms with Crippen molar-refractivity contribution in [2.24, 2.45) is 5.92 Å². The molecule has 1 saturated heterocycles. The van der Waals surface area contributed by atoms with Crippen LogP contribution in [0.15, 0.2) is 48.0 Å². The van der Waals surface area contributed by atoms with E-state index >= 15 is 0 Å². The van der Waals surface area contributed by atoms with E-state index in [1.165, 1.54) is 36.8 Å². The van der Waals surface area contributed by atoms with Crippen LogP contribution in [0.4, 0.5) is 5.82 Å². The van der Waals surface area contributed by atoms with Gasteiger partial charge in [-0.3, -0.25) is 4.79 Å². The van der Waals surface area contributed by atoms with Crippen molar-refractivity contribution in [2.75, 3.05) is 24.5 Å². The monoisotopic (exact) mass is 404 g/mol. The highest BCUT2D eigenvalue weighted by Gasteiger charge is 2.26. The Morgan fingerprint density at radius 2 is 1.97 bits per heavy atom. The van der Waals surface area contributed by atoms with Crippen LogP contribution in [0.3, 0.4) is 0 Å². The molecule has 2 aliphatic rings. The number of nitrogens with zero attached hydrogens (tertiary/aromatic N) is 3. The number of anilines is 1. The molecule has 1 N–H and O–H groups in total. The summed E-state index contributed by atoms with van der Waals surface area (Å²) in [6, 6.07) is 12.4. The van der Waals surface area contributed by atoms with Crippen molar-refractivity contribution >= 4 is 11.7 Å². The Balaban J connectivity index is 1.31. The molecule has 1 aromatic carbocycles. The second kappa shape index (κ2) is 9.88. The number of aromatic nitrogens is 2. The van der Waals surface area contributed by atoms with Crippen molar-refractivity contribution in [2.45, 2.75) is 51.9 Å². The number of aryl methyl sites for hydroxylation is 1. The van der Waals surface area contributed by atoms with E-state index in [2.05, 4.69) is 57.7 Å². The summed E-state index contributed by atoms with van der Waals surface area (Å²) in [7, 11) is 0. The predicted molar refractivity (Wildman–Crippen MR) is 121 cm³/mol. The van der Waals surface area contributed by atoms with E-state index < -0.39 is 0 Å². The number of carbonyl (C=O) groups excluding carboxylic acids is 1. The molecule has 1 fully saturated rings. The van der Waals surface area contributed by atoms with E-state index in [1.54, 1.807) is 0 Å². The molecular formula is C25H32N4O. The molecule has 5 nitrogen and oxygen atoms in total. The number of carbonyl (C=O) groups is 1. The van der Waals surface area contributed by atoms with Gasteiger partial charge < -0.3 is 10.2 Å². The molecule has 1 amide bonds.